The average Bonchev–Trinajstić information content (AvgIpc) is 3.20. The van der Waals surface area contributed by atoms with Crippen molar-refractivity contribution in [2.45, 2.75) is 12.0 Å². The van der Waals surface area contributed by atoms with E-state index >= 15 is 0 Å². The standard InChI is InChI=1S/C23H23N5O4/c1-4-23(31,10-11-27(2)15-29)9-8-16-6-5-7-17(12-16)28-19-14-25-20(32-3)13-18(19)21(26-28)22(24)30/h4-7,12-15,31H,1,10-11H2,2-3H3,(H2,24,30)/t23-/m0/s1. The van der Waals surface area contributed by atoms with Gasteiger partial charge in [-0.1, -0.05) is 24.5 Å². The molecule has 0 aliphatic heterocycles. The van der Waals surface area contributed by atoms with E-state index in [-0.39, 0.29) is 12.1 Å². The molecule has 1 aromatic carbocycles. The molecule has 2 heterocycles. The van der Waals surface area contributed by atoms with Crippen molar-refractivity contribution in [2.24, 2.45) is 5.73 Å². The highest BCUT2D eigenvalue weighted by Gasteiger charge is 2.20. The van der Waals surface area contributed by atoms with E-state index < -0.39 is 11.5 Å². The molecule has 3 N–H and O–H groups in total. The Kier molecular flexibility index (Phi) is 6.56. The van der Waals surface area contributed by atoms with E-state index in [9.17, 15) is 14.7 Å². The van der Waals surface area contributed by atoms with Crippen molar-refractivity contribution in [1.82, 2.24) is 19.7 Å². The second-order valence-electron chi connectivity index (χ2n) is 7.13. The molecule has 0 unspecified atom stereocenters. The third kappa shape index (κ3) is 4.77. The highest BCUT2D eigenvalue weighted by Crippen LogP contribution is 2.25. The number of primary amides is 1. The van der Waals surface area contributed by atoms with Crippen LogP contribution in [0.2, 0.25) is 0 Å². The van der Waals surface area contributed by atoms with Gasteiger partial charge in [-0.3, -0.25) is 9.59 Å². The van der Waals surface area contributed by atoms with Crippen molar-refractivity contribution in [2.75, 3.05) is 20.7 Å². The summed E-state index contributed by atoms with van der Waals surface area (Å²) < 4.78 is 6.68. The van der Waals surface area contributed by atoms with Crippen molar-refractivity contribution in [3.8, 4) is 23.4 Å². The van der Waals surface area contributed by atoms with E-state index in [4.69, 9.17) is 10.5 Å². The lowest BCUT2D eigenvalue weighted by molar-refractivity contribution is -0.117. The van der Waals surface area contributed by atoms with E-state index in [1.54, 1.807) is 48.3 Å². The van der Waals surface area contributed by atoms with Crippen molar-refractivity contribution >= 4 is 23.2 Å². The molecule has 3 aromatic rings. The van der Waals surface area contributed by atoms with Crippen molar-refractivity contribution in [3.05, 3.63) is 60.4 Å². The number of nitrogens with zero attached hydrogens (tertiary/aromatic N) is 4. The number of carbonyl (C=O) groups is 2. The second-order valence-corrected chi connectivity index (χ2v) is 7.13. The van der Waals surface area contributed by atoms with E-state index in [1.165, 1.54) is 18.1 Å². The first-order valence-corrected chi connectivity index (χ1v) is 9.68. The third-order valence-corrected chi connectivity index (χ3v) is 4.86. The summed E-state index contributed by atoms with van der Waals surface area (Å²) in [5.74, 6) is 5.41. The molecular weight excluding hydrogens is 410 g/mol. The Hall–Kier alpha value is -4.16. The molecule has 0 aliphatic carbocycles. The lowest BCUT2D eigenvalue weighted by atomic mass is 10.00. The summed E-state index contributed by atoms with van der Waals surface area (Å²) in [6, 6.07) is 8.71. The Balaban J connectivity index is 1.99. The molecule has 2 aromatic heterocycles. The Labute approximate surface area is 185 Å². The molecule has 3 rings (SSSR count). The normalized spacial score (nSPS) is 12.3. The minimum Gasteiger partial charge on any atom is -0.481 e. The highest BCUT2D eigenvalue weighted by atomic mass is 16.5. The zero-order chi connectivity index (χ0) is 23.3. The number of methoxy groups -OCH3 is 1. The molecule has 0 aliphatic rings. The first-order valence-electron chi connectivity index (χ1n) is 9.68. The van der Waals surface area contributed by atoms with Crippen LogP contribution in [0, 0.1) is 11.8 Å². The van der Waals surface area contributed by atoms with E-state index in [0.717, 1.165) is 0 Å². The summed E-state index contributed by atoms with van der Waals surface area (Å²) in [4.78, 5) is 28.3. The molecule has 0 radical (unpaired) electrons. The quantitative estimate of drug-likeness (QED) is 0.313. The molecule has 1 atom stereocenters. The van der Waals surface area contributed by atoms with Crippen LogP contribution in [0.25, 0.3) is 16.6 Å². The van der Waals surface area contributed by atoms with E-state index in [0.29, 0.717) is 41.0 Å². The number of amides is 2. The third-order valence-electron chi connectivity index (χ3n) is 4.86. The van der Waals surface area contributed by atoms with Crippen LogP contribution < -0.4 is 10.5 Å². The first-order chi connectivity index (χ1) is 15.3. The molecule has 0 saturated heterocycles. The molecule has 9 heteroatoms. The fourth-order valence-corrected chi connectivity index (χ4v) is 3.00. The maximum absolute atomic E-state index is 11.9. The van der Waals surface area contributed by atoms with Gasteiger partial charge in [-0.25, -0.2) is 9.67 Å². The molecule has 9 nitrogen and oxygen atoms in total. The van der Waals surface area contributed by atoms with E-state index in [1.807, 2.05) is 0 Å². The van der Waals surface area contributed by atoms with Crippen LogP contribution in [0.15, 0.2) is 49.2 Å². The van der Waals surface area contributed by atoms with Crippen LogP contribution in [0.4, 0.5) is 0 Å². The zero-order valence-corrected chi connectivity index (χ0v) is 17.8. The minimum atomic E-state index is -1.45. The van der Waals surface area contributed by atoms with Gasteiger partial charge in [0, 0.05) is 37.0 Å². The molecule has 32 heavy (non-hydrogen) atoms. The molecule has 0 spiro atoms. The number of rotatable bonds is 8. The lowest BCUT2D eigenvalue weighted by Crippen LogP contribution is -2.30. The predicted molar refractivity (Wildman–Crippen MR) is 119 cm³/mol. The average molecular weight is 433 g/mol. The number of ether oxygens (including phenoxy) is 1. The van der Waals surface area contributed by atoms with Crippen LogP contribution in [0.1, 0.15) is 22.5 Å². The fourth-order valence-electron chi connectivity index (χ4n) is 3.00. The van der Waals surface area contributed by atoms with Gasteiger partial charge in [0.15, 0.2) is 5.69 Å². The molecule has 0 saturated carbocycles. The summed E-state index contributed by atoms with van der Waals surface area (Å²) >= 11 is 0. The number of hydrogen-bond acceptors (Lipinski definition) is 6. The number of hydrogen-bond donors (Lipinski definition) is 2. The van der Waals surface area contributed by atoms with Crippen LogP contribution >= 0.6 is 0 Å². The van der Waals surface area contributed by atoms with Gasteiger partial charge in [-0.15, -0.1) is 0 Å². The van der Waals surface area contributed by atoms with Crippen LogP contribution in [0.3, 0.4) is 0 Å². The minimum absolute atomic E-state index is 0.0949. The molecule has 0 fully saturated rings. The molecule has 164 valence electrons. The number of fused-ring (bicyclic) bond motifs is 1. The van der Waals surface area contributed by atoms with Gasteiger partial charge in [0.2, 0.25) is 12.3 Å². The van der Waals surface area contributed by atoms with Crippen molar-refractivity contribution in [1.29, 1.82) is 0 Å². The van der Waals surface area contributed by atoms with Gasteiger partial charge in [0.05, 0.1) is 24.5 Å². The van der Waals surface area contributed by atoms with Crippen LogP contribution in [0.5, 0.6) is 5.88 Å². The Bertz CT molecular complexity index is 1240. The Morgan fingerprint density at radius 1 is 1.44 bits per heavy atom. The fraction of sp³-hybridized carbons (Fsp3) is 0.217. The van der Waals surface area contributed by atoms with Gasteiger partial charge in [0.1, 0.15) is 5.60 Å². The zero-order valence-electron chi connectivity index (χ0n) is 17.8. The number of pyridine rings is 1. The van der Waals surface area contributed by atoms with Crippen molar-refractivity contribution in [3.63, 3.8) is 0 Å². The molecular formula is C23H23N5O4. The number of aromatic nitrogens is 3. The lowest BCUT2D eigenvalue weighted by Gasteiger charge is -2.20. The highest BCUT2D eigenvalue weighted by molar-refractivity contribution is 6.04. The number of aliphatic hydroxyl groups is 1. The second kappa shape index (κ2) is 9.32. The Morgan fingerprint density at radius 2 is 2.22 bits per heavy atom. The SMILES string of the molecule is C=C[C@](O)(C#Cc1cccc(-n2nc(C(N)=O)c3cc(OC)ncc32)c1)CCN(C)C=O. The van der Waals surface area contributed by atoms with Crippen LogP contribution in [-0.2, 0) is 4.79 Å². The van der Waals surface area contributed by atoms with Gasteiger partial charge < -0.3 is 20.5 Å². The predicted octanol–water partition coefficient (Wildman–Crippen LogP) is 1.27. The van der Waals surface area contributed by atoms with Gasteiger partial charge >= 0.3 is 0 Å². The number of benzene rings is 1. The van der Waals surface area contributed by atoms with Crippen LogP contribution in [-0.4, -0.2) is 63.4 Å². The summed E-state index contributed by atoms with van der Waals surface area (Å²) in [6.07, 6.45) is 3.80. The van der Waals surface area contributed by atoms with Gasteiger partial charge in [-0.05, 0) is 24.3 Å². The maximum Gasteiger partial charge on any atom is 0.269 e. The van der Waals surface area contributed by atoms with Gasteiger partial charge in [-0.2, -0.15) is 5.10 Å². The van der Waals surface area contributed by atoms with Gasteiger partial charge in [0.25, 0.3) is 5.91 Å². The van der Waals surface area contributed by atoms with Crippen molar-refractivity contribution < 1.29 is 19.4 Å². The number of nitrogens with two attached hydrogens (primary N) is 1. The largest absolute Gasteiger partial charge is 0.481 e. The maximum atomic E-state index is 11.9. The molecule has 2 amide bonds. The smallest absolute Gasteiger partial charge is 0.269 e. The van der Waals surface area contributed by atoms with E-state index in [2.05, 4.69) is 28.5 Å². The topological polar surface area (TPSA) is 124 Å². The summed E-state index contributed by atoms with van der Waals surface area (Å²) in [5, 5.41) is 15.5. The summed E-state index contributed by atoms with van der Waals surface area (Å²) in [5.41, 5.74) is 5.96. The first kappa shape index (κ1) is 22.5. The summed E-state index contributed by atoms with van der Waals surface area (Å²) in [6.45, 7) is 3.97. The molecule has 0 bridgehead atoms. The summed E-state index contributed by atoms with van der Waals surface area (Å²) in [7, 11) is 3.10. The monoisotopic (exact) mass is 433 g/mol. The number of carbonyl (C=O) groups excluding carboxylic acids is 2. The Morgan fingerprint density at radius 3 is 2.88 bits per heavy atom.